The van der Waals surface area contributed by atoms with Gasteiger partial charge in [0.25, 0.3) is 0 Å². The number of ether oxygens (including phenoxy) is 1. The highest BCUT2D eigenvalue weighted by Crippen LogP contribution is 2.31. The molecule has 3 aromatic carbocycles. The minimum Gasteiger partial charge on any atom is -0.497 e. The van der Waals surface area contributed by atoms with Crippen LogP contribution in [0.4, 0.5) is 11.4 Å². The number of para-hydroxylation sites is 2. The summed E-state index contributed by atoms with van der Waals surface area (Å²) in [6, 6.07) is 18.6. The predicted molar refractivity (Wildman–Crippen MR) is 133 cm³/mol. The Labute approximate surface area is 199 Å². The van der Waals surface area contributed by atoms with Crippen molar-refractivity contribution >= 4 is 39.9 Å². The van der Waals surface area contributed by atoms with Crippen molar-refractivity contribution < 1.29 is 19.1 Å². The van der Waals surface area contributed by atoms with Gasteiger partial charge in [0.2, 0.25) is 17.7 Å². The van der Waals surface area contributed by atoms with Crippen LogP contribution >= 0.6 is 0 Å². The highest BCUT2D eigenvalue weighted by molar-refractivity contribution is 6.05. The van der Waals surface area contributed by atoms with E-state index in [1.165, 1.54) is 4.90 Å². The normalized spacial score (nSPS) is 16.3. The first kappa shape index (κ1) is 23.3. The standard InChI is InChI=1S/C27H29N3O4/c1-17-13-25(31)28-23-7-5-6-8-24(23)30(17)26(32)16-29(3)27(33)18(2)19-9-10-21-15-22(34-4)12-11-20(21)14-19/h5-12,14-15,17-18H,13,16H2,1-4H3,(H,28,31)/t17-,18+/m1/s1. The number of hydrogen-bond donors (Lipinski definition) is 1. The third-order valence-electron chi connectivity index (χ3n) is 6.32. The molecule has 0 fully saturated rings. The molecule has 7 heteroatoms. The van der Waals surface area contributed by atoms with Crippen molar-refractivity contribution in [3.8, 4) is 5.75 Å². The molecule has 0 aromatic heterocycles. The molecule has 0 saturated carbocycles. The van der Waals surface area contributed by atoms with E-state index in [1.54, 1.807) is 25.1 Å². The van der Waals surface area contributed by atoms with Crippen molar-refractivity contribution in [1.29, 1.82) is 0 Å². The molecule has 3 amide bonds. The number of fused-ring (bicyclic) bond motifs is 2. The van der Waals surface area contributed by atoms with Gasteiger partial charge < -0.3 is 19.9 Å². The Morgan fingerprint density at radius 2 is 1.82 bits per heavy atom. The van der Waals surface area contributed by atoms with Gasteiger partial charge in [0.15, 0.2) is 0 Å². The van der Waals surface area contributed by atoms with Gasteiger partial charge in [-0.25, -0.2) is 0 Å². The van der Waals surface area contributed by atoms with Crippen LogP contribution in [0.3, 0.4) is 0 Å². The molecular formula is C27H29N3O4. The fourth-order valence-corrected chi connectivity index (χ4v) is 4.44. The van der Waals surface area contributed by atoms with E-state index in [4.69, 9.17) is 4.74 Å². The summed E-state index contributed by atoms with van der Waals surface area (Å²) in [4.78, 5) is 41.8. The van der Waals surface area contributed by atoms with Crippen molar-refractivity contribution in [2.45, 2.75) is 32.2 Å². The Morgan fingerprint density at radius 3 is 2.59 bits per heavy atom. The number of carbonyl (C=O) groups excluding carboxylic acids is 3. The van der Waals surface area contributed by atoms with Crippen LogP contribution < -0.4 is 15.0 Å². The van der Waals surface area contributed by atoms with Gasteiger partial charge in [-0.1, -0.05) is 36.4 Å². The molecule has 0 aliphatic carbocycles. The Bertz CT molecular complexity index is 1260. The van der Waals surface area contributed by atoms with Crippen molar-refractivity contribution in [3.05, 3.63) is 66.2 Å². The van der Waals surface area contributed by atoms with Crippen LogP contribution in [-0.2, 0) is 14.4 Å². The minimum absolute atomic E-state index is 0.0825. The number of benzene rings is 3. The molecule has 7 nitrogen and oxygen atoms in total. The minimum atomic E-state index is -0.415. The number of nitrogens with zero attached hydrogens (tertiary/aromatic N) is 2. The van der Waals surface area contributed by atoms with Crippen LogP contribution in [-0.4, -0.2) is 49.4 Å². The Morgan fingerprint density at radius 1 is 1.12 bits per heavy atom. The maximum Gasteiger partial charge on any atom is 0.246 e. The zero-order valence-electron chi connectivity index (χ0n) is 19.9. The summed E-state index contributed by atoms with van der Waals surface area (Å²) < 4.78 is 5.28. The second-order valence-electron chi connectivity index (χ2n) is 8.77. The molecule has 0 spiro atoms. The fraction of sp³-hybridized carbons (Fsp3) is 0.296. The van der Waals surface area contributed by atoms with E-state index in [0.29, 0.717) is 11.4 Å². The van der Waals surface area contributed by atoms with Crippen molar-refractivity contribution in [2.24, 2.45) is 0 Å². The predicted octanol–water partition coefficient (Wildman–Crippen LogP) is 4.17. The van der Waals surface area contributed by atoms with Gasteiger partial charge in [-0.2, -0.15) is 0 Å². The number of hydrogen-bond acceptors (Lipinski definition) is 4. The number of rotatable bonds is 5. The number of anilines is 2. The highest BCUT2D eigenvalue weighted by atomic mass is 16.5. The first-order valence-corrected chi connectivity index (χ1v) is 11.3. The summed E-state index contributed by atoms with van der Waals surface area (Å²) >= 11 is 0. The molecule has 0 unspecified atom stereocenters. The average molecular weight is 460 g/mol. The molecule has 1 aliphatic rings. The summed E-state index contributed by atoms with van der Waals surface area (Å²) in [5.41, 5.74) is 2.12. The summed E-state index contributed by atoms with van der Waals surface area (Å²) in [6.07, 6.45) is 0.191. The fourth-order valence-electron chi connectivity index (χ4n) is 4.44. The molecule has 1 aliphatic heterocycles. The highest BCUT2D eigenvalue weighted by Gasteiger charge is 2.31. The second kappa shape index (κ2) is 9.55. The number of methoxy groups -OCH3 is 1. The third kappa shape index (κ3) is 4.59. The van der Waals surface area contributed by atoms with E-state index in [1.807, 2.05) is 68.4 Å². The quantitative estimate of drug-likeness (QED) is 0.621. The van der Waals surface area contributed by atoms with Gasteiger partial charge >= 0.3 is 0 Å². The lowest BCUT2D eigenvalue weighted by Gasteiger charge is -2.30. The molecule has 4 rings (SSSR count). The van der Waals surface area contributed by atoms with Crippen molar-refractivity contribution in [3.63, 3.8) is 0 Å². The first-order chi connectivity index (χ1) is 16.3. The second-order valence-corrected chi connectivity index (χ2v) is 8.77. The van der Waals surface area contributed by atoms with Crippen LogP contribution in [0.15, 0.2) is 60.7 Å². The topological polar surface area (TPSA) is 79.0 Å². The molecular weight excluding hydrogens is 430 g/mol. The van der Waals surface area contributed by atoms with E-state index in [9.17, 15) is 14.4 Å². The first-order valence-electron chi connectivity index (χ1n) is 11.3. The zero-order chi connectivity index (χ0) is 24.4. The number of nitrogens with one attached hydrogen (secondary N) is 1. The molecule has 34 heavy (non-hydrogen) atoms. The SMILES string of the molecule is COc1ccc2cc([C@H](C)C(=O)N(C)CC(=O)N3c4ccccc4NC(=O)C[C@H]3C)ccc2c1. The maximum atomic E-state index is 13.3. The van der Waals surface area contributed by atoms with E-state index >= 15 is 0 Å². The van der Waals surface area contributed by atoms with Crippen LogP contribution in [0, 0.1) is 0 Å². The Kier molecular flexibility index (Phi) is 6.54. The summed E-state index contributed by atoms with van der Waals surface area (Å²) in [7, 11) is 3.27. The summed E-state index contributed by atoms with van der Waals surface area (Å²) in [5.74, 6) is -0.149. The smallest absolute Gasteiger partial charge is 0.246 e. The average Bonchev–Trinajstić information content (AvgIpc) is 2.96. The van der Waals surface area contributed by atoms with Crippen LogP contribution in [0.1, 0.15) is 31.7 Å². The molecule has 176 valence electrons. The molecule has 0 radical (unpaired) electrons. The van der Waals surface area contributed by atoms with Crippen molar-refractivity contribution in [2.75, 3.05) is 30.9 Å². The number of amides is 3. The molecule has 0 saturated heterocycles. The maximum absolute atomic E-state index is 13.3. The van der Waals surface area contributed by atoms with Gasteiger partial charge in [0.05, 0.1) is 30.9 Å². The van der Waals surface area contributed by atoms with Crippen molar-refractivity contribution in [1.82, 2.24) is 4.90 Å². The van der Waals surface area contributed by atoms with E-state index < -0.39 is 5.92 Å². The number of carbonyl (C=O) groups is 3. The summed E-state index contributed by atoms with van der Waals surface area (Å²) in [5, 5.41) is 4.90. The van der Waals surface area contributed by atoms with Crippen LogP contribution in [0.5, 0.6) is 5.75 Å². The van der Waals surface area contributed by atoms with Crippen LogP contribution in [0.25, 0.3) is 10.8 Å². The van der Waals surface area contributed by atoms with E-state index in [2.05, 4.69) is 5.32 Å². The Balaban J connectivity index is 1.51. The molecule has 1 heterocycles. The van der Waals surface area contributed by atoms with Gasteiger partial charge in [0.1, 0.15) is 5.75 Å². The lowest BCUT2D eigenvalue weighted by Crippen LogP contribution is -2.46. The van der Waals surface area contributed by atoms with Gasteiger partial charge in [-0.3, -0.25) is 14.4 Å². The molecule has 3 aromatic rings. The largest absolute Gasteiger partial charge is 0.497 e. The molecule has 0 bridgehead atoms. The zero-order valence-corrected chi connectivity index (χ0v) is 19.9. The third-order valence-corrected chi connectivity index (χ3v) is 6.32. The molecule has 1 N–H and O–H groups in total. The Hall–Kier alpha value is -3.87. The summed E-state index contributed by atoms with van der Waals surface area (Å²) in [6.45, 7) is 3.61. The number of likely N-dealkylation sites (N-methyl/N-ethyl adjacent to an activating group) is 1. The van der Waals surface area contributed by atoms with Gasteiger partial charge in [0, 0.05) is 19.5 Å². The van der Waals surface area contributed by atoms with Gasteiger partial charge in [-0.05, 0) is 54.4 Å². The van der Waals surface area contributed by atoms with E-state index in [0.717, 1.165) is 22.1 Å². The lowest BCUT2D eigenvalue weighted by atomic mass is 9.96. The van der Waals surface area contributed by atoms with Gasteiger partial charge in [-0.15, -0.1) is 0 Å². The lowest BCUT2D eigenvalue weighted by molar-refractivity contribution is -0.135. The monoisotopic (exact) mass is 459 g/mol. The van der Waals surface area contributed by atoms with Crippen LogP contribution in [0.2, 0.25) is 0 Å². The molecule has 2 atom stereocenters. The van der Waals surface area contributed by atoms with E-state index in [-0.39, 0.29) is 36.7 Å².